The number of hydrogen-bond acceptors (Lipinski definition) is 11. The van der Waals surface area contributed by atoms with Gasteiger partial charge in [-0.25, -0.2) is 0 Å². The highest BCUT2D eigenvalue weighted by Gasteiger charge is 2.50. The van der Waals surface area contributed by atoms with Crippen LogP contribution in [0, 0.1) is 0 Å². The molecule has 0 aromatic heterocycles. The van der Waals surface area contributed by atoms with Gasteiger partial charge in [0.05, 0.1) is 25.9 Å². The summed E-state index contributed by atoms with van der Waals surface area (Å²) >= 11 is 0. The van der Waals surface area contributed by atoms with Crippen LogP contribution >= 0.6 is 0 Å². The second-order valence-electron chi connectivity index (χ2n) is 6.21. The number of nitrogens with two attached hydrogens (primary N) is 1. The molecule has 0 saturated carbocycles. The molecular formula is C15H27NO10. The minimum Gasteiger partial charge on any atom is -0.394 e. The molecule has 0 bridgehead atoms. The molecule has 10 atom stereocenters. The van der Waals surface area contributed by atoms with Gasteiger partial charge >= 0.3 is 0 Å². The summed E-state index contributed by atoms with van der Waals surface area (Å²) in [7, 11) is 0. The summed E-state index contributed by atoms with van der Waals surface area (Å²) in [5.41, 5.74) is 5.88. The van der Waals surface area contributed by atoms with Crippen molar-refractivity contribution < 1.29 is 49.6 Å². The van der Waals surface area contributed by atoms with Crippen LogP contribution in [0.15, 0.2) is 12.7 Å². The molecule has 0 amide bonds. The summed E-state index contributed by atoms with van der Waals surface area (Å²) in [6, 6.07) is -1.03. The third-order valence-electron chi connectivity index (χ3n) is 4.42. The Morgan fingerprint density at radius 2 is 1.50 bits per heavy atom. The van der Waals surface area contributed by atoms with Gasteiger partial charge in [-0.3, -0.25) is 0 Å². The zero-order chi connectivity index (χ0) is 19.4. The first kappa shape index (κ1) is 21.6. The first-order valence-electron chi connectivity index (χ1n) is 8.24. The lowest BCUT2D eigenvalue weighted by molar-refractivity contribution is -0.346. The van der Waals surface area contributed by atoms with E-state index in [2.05, 4.69) is 6.58 Å². The normalized spacial score (nSPS) is 46.9. The summed E-state index contributed by atoms with van der Waals surface area (Å²) in [4.78, 5) is 0. The molecule has 2 aliphatic heterocycles. The number of aliphatic hydroxyl groups is 6. The minimum absolute atomic E-state index is 0.113. The van der Waals surface area contributed by atoms with Gasteiger partial charge in [0, 0.05) is 0 Å². The van der Waals surface area contributed by atoms with Crippen molar-refractivity contribution in [2.75, 3.05) is 19.8 Å². The topological polar surface area (TPSA) is 184 Å². The first-order valence-corrected chi connectivity index (χ1v) is 8.24. The number of ether oxygens (including phenoxy) is 4. The maximum absolute atomic E-state index is 10.4. The maximum Gasteiger partial charge on any atom is 0.187 e. The predicted octanol–water partition coefficient (Wildman–Crippen LogP) is -4.22. The van der Waals surface area contributed by atoms with E-state index in [4.69, 9.17) is 24.7 Å². The van der Waals surface area contributed by atoms with Crippen molar-refractivity contribution in [2.45, 2.75) is 61.3 Å². The van der Waals surface area contributed by atoms with Crippen LogP contribution in [0.1, 0.15) is 0 Å². The van der Waals surface area contributed by atoms with Gasteiger partial charge in [0.1, 0.15) is 42.7 Å². The lowest BCUT2D eigenvalue weighted by atomic mass is 9.96. The zero-order valence-electron chi connectivity index (χ0n) is 14.1. The summed E-state index contributed by atoms with van der Waals surface area (Å²) < 4.78 is 21.5. The summed E-state index contributed by atoms with van der Waals surface area (Å²) in [6.45, 7) is 2.42. The molecule has 26 heavy (non-hydrogen) atoms. The van der Waals surface area contributed by atoms with Gasteiger partial charge in [-0.1, -0.05) is 6.08 Å². The molecule has 0 aliphatic carbocycles. The van der Waals surface area contributed by atoms with Crippen LogP contribution in [0.25, 0.3) is 0 Å². The van der Waals surface area contributed by atoms with Crippen LogP contribution in [0.3, 0.4) is 0 Å². The Kier molecular flexibility index (Phi) is 7.88. The Morgan fingerprint density at radius 1 is 0.885 bits per heavy atom. The van der Waals surface area contributed by atoms with Gasteiger partial charge in [-0.2, -0.15) is 0 Å². The van der Waals surface area contributed by atoms with Crippen LogP contribution in [0.5, 0.6) is 0 Å². The van der Waals surface area contributed by atoms with Crippen LogP contribution in [-0.2, 0) is 18.9 Å². The van der Waals surface area contributed by atoms with Gasteiger partial charge in [-0.05, 0) is 0 Å². The quantitative estimate of drug-likeness (QED) is 0.212. The largest absolute Gasteiger partial charge is 0.394 e. The van der Waals surface area contributed by atoms with E-state index in [1.807, 2.05) is 0 Å². The van der Waals surface area contributed by atoms with Crippen LogP contribution in [-0.4, -0.2) is 112 Å². The van der Waals surface area contributed by atoms with E-state index in [1.165, 1.54) is 6.08 Å². The number of hydrogen-bond donors (Lipinski definition) is 7. The van der Waals surface area contributed by atoms with Crippen LogP contribution in [0.4, 0.5) is 0 Å². The molecule has 2 aliphatic rings. The van der Waals surface area contributed by atoms with Gasteiger partial charge in [0.25, 0.3) is 0 Å². The molecule has 152 valence electrons. The molecule has 6 unspecified atom stereocenters. The fourth-order valence-corrected chi connectivity index (χ4v) is 2.90. The molecule has 0 radical (unpaired) electrons. The second kappa shape index (κ2) is 9.48. The molecule has 0 aromatic carbocycles. The Balaban J connectivity index is 2.10. The highest BCUT2D eigenvalue weighted by molar-refractivity contribution is 4.95. The highest BCUT2D eigenvalue weighted by Crippen LogP contribution is 2.28. The van der Waals surface area contributed by atoms with E-state index in [-0.39, 0.29) is 6.61 Å². The predicted molar refractivity (Wildman–Crippen MR) is 84.5 cm³/mol. The van der Waals surface area contributed by atoms with E-state index < -0.39 is 74.6 Å². The Labute approximate surface area is 150 Å². The second-order valence-corrected chi connectivity index (χ2v) is 6.21. The number of rotatable bonds is 7. The van der Waals surface area contributed by atoms with Crippen molar-refractivity contribution in [1.29, 1.82) is 0 Å². The van der Waals surface area contributed by atoms with Crippen LogP contribution in [0.2, 0.25) is 0 Å². The Bertz CT molecular complexity index is 450. The van der Waals surface area contributed by atoms with Crippen molar-refractivity contribution in [1.82, 2.24) is 0 Å². The average molecular weight is 381 g/mol. The standard InChI is InChI=1S/C15H27NO10/c1-2-3-23-14-8(16)10(20)13(7(5-18)25-14)26-15-12(22)11(21)9(19)6(4-17)24-15/h2,6-15,17-22H,1,3-5,16H2/t6?,7?,8?,9-,10?,11?,12?,13-,14+,15-/m0/s1. The van der Waals surface area contributed by atoms with E-state index in [9.17, 15) is 30.6 Å². The third kappa shape index (κ3) is 4.40. The van der Waals surface area contributed by atoms with E-state index >= 15 is 0 Å². The van der Waals surface area contributed by atoms with Gasteiger partial charge in [0.2, 0.25) is 0 Å². The van der Waals surface area contributed by atoms with Crippen molar-refractivity contribution >= 4 is 0 Å². The Morgan fingerprint density at radius 3 is 2.08 bits per heavy atom. The zero-order valence-corrected chi connectivity index (χ0v) is 14.1. The van der Waals surface area contributed by atoms with E-state index in [0.717, 1.165) is 0 Å². The first-order chi connectivity index (χ1) is 12.3. The van der Waals surface area contributed by atoms with Gasteiger partial charge < -0.3 is 55.3 Å². The molecular weight excluding hydrogens is 354 g/mol. The molecule has 11 heteroatoms. The molecule has 11 nitrogen and oxygen atoms in total. The van der Waals surface area contributed by atoms with Crippen LogP contribution < -0.4 is 5.73 Å². The smallest absolute Gasteiger partial charge is 0.187 e. The molecule has 0 aromatic rings. The average Bonchev–Trinajstić information content (AvgIpc) is 2.64. The monoisotopic (exact) mass is 381 g/mol. The molecule has 2 fully saturated rings. The lowest BCUT2D eigenvalue weighted by Crippen LogP contribution is -2.66. The summed E-state index contributed by atoms with van der Waals surface area (Å²) in [5.74, 6) is 0. The molecule has 0 spiro atoms. The minimum atomic E-state index is -1.66. The fourth-order valence-electron chi connectivity index (χ4n) is 2.90. The van der Waals surface area contributed by atoms with E-state index in [0.29, 0.717) is 0 Å². The number of aliphatic hydroxyl groups excluding tert-OH is 6. The van der Waals surface area contributed by atoms with Gasteiger partial charge in [-0.15, -0.1) is 6.58 Å². The molecule has 2 saturated heterocycles. The molecule has 8 N–H and O–H groups in total. The van der Waals surface area contributed by atoms with Crippen molar-refractivity contribution in [3.8, 4) is 0 Å². The lowest BCUT2D eigenvalue weighted by Gasteiger charge is -2.46. The maximum atomic E-state index is 10.4. The summed E-state index contributed by atoms with van der Waals surface area (Å²) in [5, 5.41) is 58.8. The SMILES string of the molecule is C=CCO[C@@H]1OC(CO)[C@H](O[C@@H]2OC(CO)[C@H](O)C(O)C2O)C(O)C1N. The molecule has 2 rings (SSSR count). The molecule has 2 heterocycles. The third-order valence-corrected chi connectivity index (χ3v) is 4.42. The van der Waals surface area contributed by atoms with Crippen molar-refractivity contribution in [3.05, 3.63) is 12.7 Å². The van der Waals surface area contributed by atoms with Gasteiger partial charge in [0.15, 0.2) is 12.6 Å². The van der Waals surface area contributed by atoms with E-state index in [1.54, 1.807) is 0 Å². The highest BCUT2D eigenvalue weighted by atomic mass is 16.7. The van der Waals surface area contributed by atoms with Crippen molar-refractivity contribution in [2.24, 2.45) is 5.73 Å². The van der Waals surface area contributed by atoms with Crippen molar-refractivity contribution in [3.63, 3.8) is 0 Å². The Hall–Kier alpha value is -0.700. The summed E-state index contributed by atoms with van der Waals surface area (Å²) in [6.07, 6.45) is -10.7. The fraction of sp³-hybridized carbons (Fsp3) is 0.867.